The molecule has 0 aliphatic carbocycles. The summed E-state index contributed by atoms with van der Waals surface area (Å²) < 4.78 is 0.778. The number of aliphatic hydroxyl groups is 1. The molecule has 12 heavy (non-hydrogen) atoms. The molecular weight excluding hydrogens is 220 g/mol. The molecule has 0 bridgehead atoms. The monoisotopic (exact) mass is 230 g/mol. The summed E-state index contributed by atoms with van der Waals surface area (Å²) in [6.45, 7) is 1.79. The lowest BCUT2D eigenvalue weighted by Crippen LogP contribution is -2.32. The summed E-state index contributed by atoms with van der Waals surface area (Å²) in [4.78, 5) is 4.04. The van der Waals surface area contributed by atoms with E-state index in [1.165, 1.54) is 0 Å². The van der Waals surface area contributed by atoms with Crippen LogP contribution in [0.5, 0.6) is 0 Å². The Balaban J connectivity index is 3.10. The van der Waals surface area contributed by atoms with Crippen molar-refractivity contribution in [3.8, 4) is 0 Å². The fourth-order valence-electron chi connectivity index (χ4n) is 0.879. The van der Waals surface area contributed by atoms with Crippen LogP contribution in [0, 0.1) is 0 Å². The van der Waals surface area contributed by atoms with E-state index in [-0.39, 0.29) is 6.54 Å². The molecule has 1 aromatic rings. The SMILES string of the molecule is CC(O)(CN)c1ncccc1Br. The number of rotatable bonds is 2. The Labute approximate surface area is 79.7 Å². The minimum absolute atomic E-state index is 0.155. The maximum absolute atomic E-state index is 9.76. The Hall–Kier alpha value is -0.450. The van der Waals surface area contributed by atoms with Crippen molar-refractivity contribution in [1.29, 1.82) is 0 Å². The summed E-state index contributed by atoms with van der Waals surface area (Å²) in [6.07, 6.45) is 1.63. The predicted octanol–water partition coefficient (Wildman–Crippen LogP) is 1.01. The number of nitrogens with two attached hydrogens (primary N) is 1. The summed E-state index contributed by atoms with van der Waals surface area (Å²) in [6, 6.07) is 3.62. The van der Waals surface area contributed by atoms with Crippen molar-refractivity contribution in [2.75, 3.05) is 6.54 Å². The van der Waals surface area contributed by atoms with E-state index in [1.807, 2.05) is 6.07 Å². The van der Waals surface area contributed by atoms with Gasteiger partial charge in [-0.2, -0.15) is 0 Å². The zero-order valence-electron chi connectivity index (χ0n) is 6.79. The van der Waals surface area contributed by atoms with Crippen LogP contribution >= 0.6 is 15.9 Å². The molecule has 0 spiro atoms. The second-order valence-electron chi connectivity index (χ2n) is 2.81. The third-order valence-corrected chi connectivity index (χ3v) is 2.31. The van der Waals surface area contributed by atoms with Crippen molar-refractivity contribution in [3.05, 3.63) is 28.5 Å². The fourth-order valence-corrected chi connectivity index (χ4v) is 1.56. The lowest BCUT2D eigenvalue weighted by atomic mass is 10.0. The van der Waals surface area contributed by atoms with Gasteiger partial charge in [-0.05, 0) is 35.0 Å². The zero-order valence-corrected chi connectivity index (χ0v) is 8.37. The van der Waals surface area contributed by atoms with Gasteiger partial charge in [0, 0.05) is 17.2 Å². The average molecular weight is 231 g/mol. The maximum atomic E-state index is 9.76. The molecule has 1 heterocycles. The van der Waals surface area contributed by atoms with Gasteiger partial charge in [0.2, 0.25) is 0 Å². The molecule has 1 rings (SSSR count). The molecule has 1 aromatic heterocycles. The number of halogens is 1. The summed E-state index contributed by atoms with van der Waals surface area (Å²) in [5, 5.41) is 9.76. The van der Waals surface area contributed by atoms with Crippen LogP contribution < -0.4 is 5.73 Å². The summed E-state index contributed by atoms with van der Waals surface area (Å²) in [7, 11) is 0. The quantitative estimate of drug-likeness (QED) is 0.798. The zero-order chi connectivity index (χ0) is 9.19. The summed E-state index contributed by atoms with van der Waals surface area (Å²) in [5.41, 5.74) is 4.92. The molecule has 0 aromatic carbocycles. The van der Waals surface area contributed by atoms with Gasteiger partial charge in [-0.15, -0.1) is 0 Å². The number of pyridine rings is 1. The highest BCUT2D eigenvalue weighted by atomic mass is 79.9. The summed E-state index contributed by atoms with van der Waals surface area (Å²) >= 11 is 3.29. The third-order valence-electron chi connectivity index (χ3n) is 1.67. The number of hydrogen-bond acceptors (Lipinski definition) is 3. The molecule has 0 aliphatic rings. The smallest absolute Gasteiger partial charge is 0.117 e. The lowest BCUT2D eigenvalue weighted by molar-refractivity contribution is 0.0614. The average Bonchev–Trinajstić information content (AvgIpc) is 2.05. The standard InChI is InChI=1S/C8H11BrN2O/c1-8(12,5-10)7-6(9)3-2-4-11-7/h2-4,12H,5,10H2,1H3. The van der Waals surface area contributed by atoms with Crippen molar-refractivity contribution in [2.24, 2.45) is 5.73 Å². The van der Waals surface area contributed by atoms with Crippen LogP contribution in [-0.2, 0) is 5.60 Å². The first kappa shape index (κ1) is 9.64. The maximum Gasteiger partial charge on any atom is 0.117 e. The second-order valence-corrected chi connectivity index (χ2v) is 3.67. The molecule has 0 aliphatic heterocycles. The van der Waals surface area contributed by atoms with Crippen molar-refractivity contribution in [2.45, 2.75) is 12.5 Å². The van der Waals surface area contributed by atoms with Gasteiger partial charge in [0.05, 0.1) is 5.69 Å². The molecule has 1 atom stereocenters. The molecule has 4 heteroatoms. The van der Waals surface area contributed by atoms with E-state index in [0.29, 0.717) is 5.69 Å². The largest absolute Gasteiger partial charge is 0.382 e. The molecule has 0 saturated carbocycles. The first-order chi connectivity index (χ1) is 5.58. The Kier molecular flexibility index (Phi) is 2.82. The van der Waals surface area contributed by atoms with E-state index in [1.54, 1.807) is 19.2 Å². The second kappa shape index (κ2) is 3.51. The van der Waals surface area contributed by atoms with Gasteiger partial charge in [0.25, 0.3) is 0 Å². The number of nitrogens with zero attached hydrogens (tertiary/aromatic N) is 1. The molecule has 0 fully saturated rings. The van der Waals surface area contributed by atoms with E-state index in [2.05, 4.69) is 20.9 Å². The molecule has 3 nitrogen and oxygen atoms in total. The fraction of sp³-hybridized carbons (Fsp3) is 0.375. The van der Waals surface area contributed by atoms with Gasteiger partial charge in [-0.3, -0.25) is 4.98 Å². The normalized spacial score (nSPS) is 15.7. The van der Waals surface area contributed by atoms with Crippen LogP contribution in [0.1, 0.15) is 12.6 Å². The van der Waals surface area contributed by atoms with Gasteiger partial charge >= 0.3 is 0 Å². The van der Waals surface area contributed by atoms with Crippen molar-refractivity contribution < 1.29 is 5.11 Å². The molecular formula is C8H11BrN2O. The van der Waals surface area contributed by atoms with Gasteiger partial charge in [0.15, 0.2) is 0 Å². The van der Waals surface area contributed by atoms with Crippen molar-refractivity contribution >= 4 is 15.9 Å². The van der Waals surface area contributed by atoms with Gasteiger partial charge < -0.3 is 10.8 Å². The van der Waals surface area contributed by atoms with E-state index in [4.69, 9.17) is 5.73 Å². The van der Waals surface area contributed by atoms with E-state index < -0.39 is 5.60 Å². The van der Waals surface area contributed by atoms with Gasteiger partial charge in [-0.1, -0.05) is 0 Å². The van der Waals surface area contributed by atoms with Crippen molar-refractivity contribution in [1.82, 2.24) is 4.98 Å². The Bertz CT molecular complexity index is 276. The number of aromatic nitrogens is 1. The summed E-state index contributed by atoms with van der Waals surface area (Å²) in [5.74, 6) is 0. The molecule has 0 radical (unpaired) electrons. The van der Waals surface area contributed by atoms with Gasteiger partial charge in [-0.25, -0.2) is 0 Å². The molecule has 1 unspecified atom stereocenters. The minimum Gasteiger partial charge on any atom is -0.382 e. The van der Waals surface area contributed by atoms with Crippen molar-refractivity contribution in [3.63, 3.8) is 0 Å². The van der Waals surface area contributed by atoms with Crippen LogP contribution in [-0.4, -0.2) is 16.6 Å². The lowest BCUT2D eigenvalue weighted by Gasteiger charge is -2.21. The predicted molar refractivity (Wildman–Crippen MR) is 50.6 cm³/mol. The topological polar surface area (TPSA) is 59.1 Å². The van der Waals surface area contributed by atoms with Crippen LogP contribution in [0.25, 0.3) is 0 Å². The van der Waals surface area contributed by atoms with E-state index in [0.717, 1.165) is 4.47 Å². The first-order valence-corrected chi connectivity index (χ1v) is 4.40. The van der Waals surface area contributed by atoms with Gasteiger partial charge in [0.1, 0.15) is 5.60 Å². The Morgan fingerprint density at radius 2 is 2.42 bits per heavy atom. The van der Waals surface area contributed by atoms with E-state index >= 15 is 0 Å². The molecule has 0 amide bonds. The highest BCUT2D eigenvalue weighted by Gasteiger charge is 2.24. The molecule has 3 N–H and O–H groups in total. The molecule has 66 valence electrons. The van der Waals surface area contributed by atoms with Crippen LogP contribution in [0.15, 0.2) is 22.8 Å². The number of hydrogen-bond donors (Lipinski definition) is 2. The van der Waals surface area contributed by atoms with Crippen LogP contribution in [0.4, 0.5) is 0 Å². The highest BCUT2D eigenvalue weighted by molar-refractivity contribution is 9.10. The first-order valence-electron chi connectivity index (χ1n) is 3.61. The third kappa shape index (κ3) is 1.83. The minimum atomic E-state index is -1.06. The van der Waals surface area contributed by atoms with Crippen LogP contribution in [0.3, 0.4) is 0 Å². The highest BCUT2D eigenvalue weighted by Crippen LogP contribution is 2.24. The van der Waals surface area contributed by atoms with E-state index in [9.17, 15) is 5.11 Å². The Morgan fingerprint density at radius 1 is 1.75 bits per heavy atom. The van der Waals surface area contributed by atoms with Crippen LogP contribution in [0.2, 0.25) is 0 Å². The molecule has 0 saturated heterocycles. The Morgan fingerprint density at radius 3 is 2.92 bits per heavy atom.